The lowest BCUT2D eigenvalue weighted by Crippen LogP contribution is -2.48. The Kier molecular flexibility index (Phi) is 6.88. The lowest BCUT2D eigenvalue weighted by Gasteiger charge is -2.31. The van der Waals surface area contributed by atoms with Gasteiger partial charge in [-0.3, -0.25) is 4.79 Å². The summed E-state index contributed by atoms with van der Waals surface area (Å²) in [5, 5.41) is 10.5. The number of hydrogen-bond donors (Lipinski definition) is 1. The smallest absolute Gasteiger partial charge is 0.377 e. The zero-order valence-electron chi connectivity index (χ0n) is 16.7. The molecular formula is C22H27F3O3. The number of aliphatic hydroxyl groups is 1. The van der Waals surface area contributed by atoms with Crippen molar-refractivity contribution in [2.24, 2.45) is 0 Å². The van der Waals surface area contributed by atoms with Crippen LogP contribution in [0.5, 0.6) is 0 Å². The number of allylic oxidation sites excluding steroid dienone is 3. The Balaban J connectivity index is 2.33. The first-order chi connectivity index (χ1) is 13.0. The number of alkyl halides is 3. The second kappa shape index (κ2) is 8.62. The molecule has 0 spiro atoms. The van der Waals surface area contributed by atoms with Gasteiger partial charge in [-0.15, -0.1) is 0 Å². The molecule has 0 bridgehead atoms. The fourth-order valence-electron chi connectivity index (χ4n) is 3.64. The van der Waals surface area contributed by atoms with E-state index in [0.29, 0.717) is 18.4 Å². The number of fused-ring (bicyclic) bond motifs is 1. The summed E-state index contributed by atoms with van der Waals surface area (Å²) in [7, 11) is 1.60. The topological polar surface area (TPSA) is 46.5 Å². The van der Waals surface area contributed by atoms with Crippen LogP contribution >= 0.6 is 0 Å². The maximum absolute atomic E-state index is 13.7. The van der Waals surface area contributed by atoms with Crippen molar-refractivity contribution >= 4 is 5.78 Å². The van der Waals surface area contributed by atoms with Crippen molar-refractivity contribution in [3.8, 4) is 0 Å². The molecule has 3 nitrogen and oxygen atoms in total. The molecule has 1 aromatic rings. The van der Waals surface area contributed by atoms with Gasteiger partial charge in [0.15, 0.2) is 11.4 Å². The van der Waals surface area contributed by atoms with E-state index in [1.54, 1.807) is 32.2 Å². The third-order valence-electron chi connectivity index (χ3n) is 5.28. The average Bonchev–Trinajstić information content (AvgIpc) is 3.02. The van der Waals surface area contributed by atoms with E-state index in [0.717, 1.165) is 17.5 Å². The predicted octanol–water partition coefficient (Wildman–Crippen LogP) is 5.49. The Hall–Kier alpha value is -1.92. The van der Waals surface area contributed by atoms with Crippen LogP contribution < -0.4 is 0 Å². The molecule has 1 aromatic carbocycles. The Morgan fingerprint density at radius 2 is 2.00 bits per heavy atom. The summed E-state index contributed by atoms with van der Waals surface area (Å²) in [4.78, 5) is 12.6. The molecule has 0 saturated carbocycles. The van der Waals surface area contributed by atoms with Crippen molar-refractivity contribution in [1.82, 2.24) is 0 Å². The highest BCUT2D eigenvalue weighted by Crippen LogP contribution is 2.40. The summed E-state index contributed by atoms with van der Waals surface area (Å²) in [6.07, 6.45) is -0.871. The molecular weight excluding hydrogens is 369 g/mol. The van der Waals surface area contributed by atoms with E-state index in [1.165, 1.54) is 19.1 Å². The lowest BCUT2D eigenvalue weighted by molar-refractivity contribution is -0.242. The molecule has 0 radical (unpaired) electrons. The minimum Gasteiger partial charge on any atom is -0.377 e. The van der Waals surface area contributed by atoms with E-state index in [4.69, 9.17) is 4.74 Å². The molecule has 0 fully saturated rings. The maximum Gasteiger partial charge on any atom is 0.421 e. The highest BCUT2D eigenvalue weighted by Gasteiger charge is 2.55. The number of methoxy groups -OCH3 is 1. The number of benzene rings is 1. The van der Waals surface area contributed by atoms with E-state index in [2.05, 4.69) is 0 Å². The van der Waals surface area contributed by atoms with Gasteiger partial charge in [0, 0.05) is 12.7 Å². The van der Waals surface area contributed by atoms with E-state index in [1.807, 2.05) is 6.92 Å². The van der Waals surface area contributed by atoms with Crippen molar-refractivity contribution in [3.63, 3.8) is 0 Å². The molecule has 1 N–H and O–H groups in total. The Bertz CT molecular complexity index is 793. The quantitative estimate of drug-likeness (QED) is 0.490. The molecule has 0 heterocycles. The first-order valence-electron chi connectivity index (χ1n) is 9.37. The SMILES string of the molecule is CC/C=C(C)\C=C(/C)C(O)(CC(=O)c1ccc2c(c1)CCC2OC)C(F)(F)F. The van der Waals surface area contributed by atoms with Crippen LogP contribution in [0.2, 0.25) is 0 Å². The molecule has 2 atom stereocenters. The first-order valence-corrected chi connectivity index (χ1v) is 9.37. The summed E-state index contributed by atoms with van der Waals surface area (Å²) < 4.78 is 46.5. The van der Waals surface area contributed by atoms with Gasteiger partial charge in [0.05, 0.1) is 12.5 Å². The van der Waals surface area contributed by atoms with Crippen molar-refractivity contribution < 1.29 is 27.8 Å². The molecule has 154 valence electrons. The Morgan fingerprint density at radius 1 is 1.32 bits per heavy atom. The average molecular weight is 396 g/mol. The molecule has 1 aliphatic rings. The van der Waals surface area contributed by atoms with Crippen LogP contribution in [0.25, 0.3) is 0 Å². The van der Waals surface area contributed by atoms with Crippen LogP contribution in [0.15, 0.2) is 41.5 Å². The van der Waals surface area contributed by atoms with Crippen molar-refractivity contribution in [3.05, 3.63) is 58.2 Å². The van der Waals surface area contributed by atoms with Crippen LogP contribution in [0, 0.1) is 0 Å². The third-order valence-corrected chi connectivity index (χ3v) is 5.28. The molecule has 0 amide bonds. The van der Waals surface area contributed by atoms with Gasteiger partial charge in [-0.05, 0) is 55.9 Å². The number of rotatable bonds is 7. The third kappa shape index (κ3) is 4.55. The van der Waals surface area contributed by atoms with Crippen LogP contribution in [-0.2, 0) is 11.2 Å². The number of hydrogen-bond acceptors (Lipinski definition) is 3. The van der Waals surface area contributed by atoms with Crippen LogP contribution in [0.1, 0.15) is 67.6 Å². The summed E-state index contributed by atoms with van der Waals surface area (Å²) in [6.45, 7) is 4.74. The van der Waals surface area contributed by atoms with E-state index < -0.39 is 24.0 Å². The Morgan fingerprint density at radius 3 is 2.57 bits per heavy atom. The number of ketones is 1. The molecule has 1 aliphatic carbocycles. The number of carbonyl (C=O) groups excluding carboxylic acids is 1. The predicted molar refractivity (Wildman–Crippen MR) is 102 cm³/mol. The molecule has 0 aliphatic heterocycles. The van der Waals surface area contributed by atoms with E-state index in [9.17, 15) is 23.1 Å². The molecule has 2 unspecified atom stereocenters. The number of Topliss-reactive ketones (excluding diaryl/α,β-unsaturated/α-hetero) is 1. The van der Waals surface area contributed by atoms with Gasteiger partial charge in [0.25, 0.3) is 0 Å². The molecule has 0 aromatic heterocycles. The standard InChI is InChI=1S/C22H27F3O3/c1-5-6-14(2)11-15(3)21(27,22(23,24)25)13-19(26)17-7-9-18-16(12-17)8-10-20(18)28-4/h6-7,9,11-12,20,27H,5,8,10,13H2,1-4H3/b14-6-,15-11+. The van der Waals surface area contributed by atoms with E-state index in [-0.39, 0.29) is 17.2 Å². The number of carbonyl (C=O) groups is 1. The summed E-state index contributed by atoms with van der Waals surface area (Å²) >= 11 is 0. The maximum atomic E-state index is 13.7. The van der Waals surface area contributed by atoms with Crippen LogP contribution in [0.4, 0.5) is 13.2 Å². The van der Waals surface area contributed by atoms with Crippen molar-refractivity contribution in [1.29, 1.82) is 0 Å². The fourth-order valence-corrected chi connectivity index (χ4v) is 3.64. The van der Waals surface area contributed by atoms with Gasteiger partial charge in [-0.25, -0.2) is 0 Å². The molecule has 28 heavy (non-hydrogen) atoms. The zero-order valence-corrected chi connectivity index (χ0v) is 16.7. The summed E-state index contributed by atoms with van der Waals surface area (Å²) in [5.74, 6) is -0.742. The fraction of sp³-hybridized carbons (Fsp3) is 0.500. The number of aryl methyl sites for hydroxylation is 1. The van der Waals surface area contributed by atoms with Gasteiger partial charge in [-0.1, -0.05) is 36.8 Å². The minimum absolute atomic E-state index is 0.0511. The zero-order chi connectivity index (χ0) is 21.1. The van der Waals surface area contributed by atoms with Crippen molar-refractivity contribution in [2.75, 3.05) is 7.11 Å². The minimum atomic E-state index is -4.96. The monoisotopic (exact) mass is 396 g/mol. The largest absolute Gasteiger partial charge is 0.421 e. The summed E-state index contributed by atoms with van der Waals surface area (Å²) in [6, 6.07) is 4.86. The van der Waals surface area contributed by atoms with Crippen molar-refractivity contribution in [2.45, 2.75) is 64.3 Å². The first kappa shape index (κ1) is 22.4. The second-order valence-electron chi connectivity index (χ2n) is 7.32. The van der Waals surface area contributed by atoms with E-state index >= 15 is 0 Å². The summed E-state index contributed by atoms with van der Waals surface area (Å²) in [5.41, 5.74) is -0.855. The molecule has 0 saturated heterocycles. The normalized spacial score (nSPS) is 20.1. The second-order valence-corrected chi connectivity index (χ2v) is 7.32. The molecule has 2 rings (SSSR count). The van der Waals surface area contributed by atoms with Gasteiger partial charge in [0.1, 0.15) is 0 Å². The Labute approximate surface area is 163 Å². The number of ether oxygens (including phenoxy) is 1. The lowest BCUT2D eigenvalue weighted by atomic mass is 9.85. The van der Waals surface area contributed by atoms with Crippen LogP contribution in [0.3, 0.4) is 0 Å². The van der Waals surface area contributed by atoms with Gasteiger partial charge < -0.3 is 9.84 Å². The highest BCUT2D eigenvalue weighted by molar-refractivity contribution is 5.97. The van der Waals surface area contributed by atoms with Gasteiger partial charge in [0.2, 0.25) is 0 Å². The highest BCUT2D eigenvalue weighted by atomic mass is 19.4. The van der Waals surface area contributed by atoms with Crippen LogP contribution in [-0.4, -0.2) is 29.8 Å². The van der Waals surface area contributed by atoms with Gasteiger partial charge in [-0.2, -0.15) is 13.2 Å². The number of halogens is 3. The molecule has 6 heteroatoms. The van der Waals surface area contributed by atoms with Gasteiger partial charge >= 0.3 is 6.18 Å².